The van der Waals surface area contributed by atoms with Crippen molar-refractivity contribution in [3.8, 4) is 6.07 Å². The normalized spacial score (nSPS) is 17.2. The molecule has 0 radical (unpaired) electrons. The van der Waals surface area contributed by atoms with E-state index >= 15 is 0 Å². The number of aromatic amines is 1. The standard InChI is InChI=1S/C17H14N6O/c18-9-11-3-6-23(17(11)24)13-2-5-20-15(7-13)22-16-8-14-12(10-21-16)1-4-19-14/h1-2,4-5,7-8,10-11,19H,3,6H2,(H,20,21,22). The van der Waals surface area contributed by atoms with Crippen LogP contribution in [0.3, 0.4) is 0 Å². The van der Waals surface area contributed by atoms with Gasteiger partial charge in [-0.05, 0) is 18.6 Å². The molecule has 3 aromatic heterocycles. The third-order valence-electron chi connectivity index (χ3n) is 4.11. The van der Waals surface area contributed by atoms with E-state index in [4.69, 9.17) is 5.26 Å². The van der Waals surface area contributed by atoms with Crippen molar-refractivity contribution in [2.24, 2.45) is 5.92 Å². The number of nitriles is 1. The summed E-state index contributed by atoms with van der Waals surface area (Å²) >= 11 is 0. The highest BCUT2D eigenvalue weighted by Gasteiger charge is 2.32. The van der Waals surface area contributed by atoms with Gasteiger partial charge in [-0.2, -0.15) is 5.26 Å². The number of nitrogens with one attached hydrogen (secondary N) is 2. The van der Waals surface area contributed by atoms with Gasteiger partial charge < -0.3 is 15.2 Å². The molecule has 0 aromatic carbocycles. The molecule has 1 atom stereocenters. The van der Waals surface area contributed by atoms with Crippen LogP contribution in [0.4, 0.5) is 17.3 Å². The molecular weight excluding hydrogens is 304 g/mol. The van der Waals surface area contributed by atoms with Crippen molar-refractivity contribution in [3.05, 3.63) is 42.9 Å². The minimum Gasteiger partial charge on any atom is -0.361 e. The minimum atomic E-state index is -0.550. The van der Waals surface area contributed by atoms with Gasteiger partial charge in [-0.1, -0.05) is 0 Å². The minimum absolute atomic E-state index is 0.152. The Morgan fingerprint density at radius 3 is 3.00 bits per heavy atom. The summed E-state index contributed by atoms with van der Waals surface area (Å²) < 4.78 is 0. The molecule has 1 saturated heterocycles. The summed E-state index contributed by atoms with van der Waals surface area (Å²) in [5.74, 6) is 0.559. The lowest BCUT2D eigenvalue weighted by molar-refractivity contribution is -0.118. The van der Waals surface area contributed by atoms with Crippen molar-refractivity contribution in [2.75, 3.05) is 16.8 Å². The Kier molecular flexibility index (Phi) is 3.35. The first-order valence-electron chi connectivity index (χ1n) is 7.62. The SMILES string of the molecule is N#CC1CCN(c2ccnc(Nc3cc4[nH]ccc4cn3)c2)C1=O. The summed E-state index contributed by atoms with van der Waals surface area (Å²) in [4.78, 5) is 25.6. The Labute approximate surface area is 138 Å². The molecule has 0 saturated carbocycles. The number of H-pyrrole nitrogens is 1. The average Bonchev–Trinajstić information content (AvgIpc) is 3.20. The molecule has 2 N–H and O–H groups in total. The number of anilines is 3. The molecule has 4 heterocycles. The third-order valence-corrected chi connectivity index (χ3v) is 4.11. The fourth-order valence-electron chi connectivity index (χ4n) is 2.86. The summed E-state index contributed by atoms with van der Waals surface area (Å²) in [7, 11) is 0. The highest BCUT2D eigenvalue weighted by Crippen LogP contribution is 2.27. The number of amides is 1. The largest absolute Gasteiger partial charge is 0.361 e. The predicted octanol–water partition coefficient (Wildman–Crippen LogP) is 2.58. The fourth-order valence-corrected chi connectivity index (χ4v) is 2.86. The quantitative estimate of drug-likeness (QED) is 0.773. The molecule has 0 bridgehead atoms. The van der Waals surface area contributed by atoms with Gasteiger partial charge in [-0.25, -0.2) is 9.97 Å². The molecule has 1 amide bonds. The molecule has 1 aliphatic rings. The number of carbonyl (C=O) groups excluding carboxylic acids is 1. The van der Waals surface area contributed by atoms with E-state index in [2.05, 4.69) is 20.3 Å². The molecule has 1 fully saturated rings. The monoisotopic (exact) mass is 318 g/mol. The predicted molar refractivity (Wildman–Crippen MR) is 89.7 cm³/mol. The van der Waals surface area contributed by atoms with Crippen LogP contribution >= 0.6 is 0 Å². The van der Waals surface area contributed by atoms with Gasteiger partial charge in [-0.15, -0.1) is 0 Å². The van der Waals surface area contributed by atoms with Gasteiger partial charge in [0, 0.05) is 48.3 Å². The van der Waals surface area contributed by atoms with Crippen molar-refractivity contribution in [1.82, 2.24) is 15.0 Å². The first kappa shape index (κ1) is 14.2. The van der Waals surface area contributed by atoms with Gasteiger partial charge in [0.2, 0.25) is 5.91 Å². The van der Waals surface area contributed by atoms with Crippen LogP contribution in [-0.2, 0) is 4.79 Å². The zero-order valence-electron chi connectivity index (χ0n) is 12.7. The number of pyridine rings is 2. The molecule has 118 valence electrons. The second kappa shape index (κ2) is 5.66. The first-order valence-corrected chi connectivity index (χ1v) is 7.62. The fraction of sp³-hybridized carbons (Fsp3) is 0.176. The molecule has 1 aliphatic heterocycles. The topological polar surface area (TPSA) is 97.7 Å². The molecule has 1 unspecified atom stereocenters. The molecule has 7 heteroatoms. The molecular formula is C17H14N6O. The van der Waals surface area contributed by atoms with E-state index in [9.17, 15) is 4.79 Å². The van der Waals surface area contributed by atoms with E-state index in [0.29, 0.717) is 24.6 Å². The molecule has 3 aromatic rings. The van der Waals surface area contributed by atoms with E-state index in [1.807, 2.05) is 24.4 Å². The summed E-state index contributed by atoms with van der Waals surface area (Å²) in [6.07, 6.45) is 5.84. The Bertz CT molecular complexity index is 957. The van der Waals surface area contributed by atoms with Crippen LogP contribution in [0.1, 0.15) is 6.42 Å². The molecule has 7 nitrogen and oxygen atoms in total. The maximum atomic E-state index is 12.2. The van der Waals surface area contributed by atoms with Crippen molar-refractivity contribution < 1.29 is 4.79 Å². The van der Waals surface area contributed by atoms with Crippen molar-refractivity contribution in [1.29, 1.82) is 5.26 Å². The highest BCUT2D eigenvalue weighted by atomic mass is 16.2. The lowest BCUT2D eigenvalue weighted by atomic mass is 10.1. The van der Waals surface area contributed by atoms with E-state index in [-0.39, 0.29) is 5.91 Å². The van der Waals surface area contributed by atoms with Gasteiger partial charge in [0.05, 0.1) is 11.6 Å². The Hall–Kier alpha value is -3.40. The lowest BCUT2D eigenvalue weighted by Crippen LogP contribution is -2.26. The van der Waals surface area contributed by atoms with Gasteiger partial charge in [0.15, 0.2) is 0 Å². The zero-order valence-corrected chi connectivity index (χ0v) is 12.7. The summed E-state index contributed by atoms with van der Waals surface area (Å²) in [6, 6.07) is 9.46. The number of fused-ring (bicyclic) bond motifs is 1. The summed E-state index contributed by atoms with van der Waals surface area (Å²) in [5, 5.41) is 13.2. The molecule has 0 spiro atoms. The van der Waals surface area contributed by atoms with E-state index in [1.165, 1.54) is 0 Å². The molecule has 24 heavy (non-hydrogen) atoms. The Morgan fingerprint density at radius 1 is 1.29 bits per heavy atom. The highest BCUT2D eigenvalue weighted by molar-refractivity contribution is 5.98. The van der Waals surface area contributed by atoms with E-state index < -0.39 is 5.92 Å². The summed E-state index contributed by atoms with van der Waals surface area (Å²) in [5.41, 5.74) is 1.71. The lowest BCUT2D eigenvalue weighted by Gasteiger charge is -2.16. The summed E-state index contributed by atoms with van der Waals surface area (Å²) in [6.45, 7) is 0.549. The molecule has 0 aliphatic carbocycles. The number of hydrogen-bond donors (Lipinski definition) is 2. The average molecular weight is 318 g/mol. The number of rotatable bonds is 3. The van der Waals surface area contributed by atoms with Gasteiger partial charge in [-0.3, -0.25) is 4.79 Å². The molecule has 4 rings (SSSR count). The second-order valence-electron chi connectivity index (χ2n) is 5.62. The van der Waals surface area contributed by atoms with Gasteiger partial charge >= 0.3 is 0 Å². The smallest absolute Gasteiger partial charge is 0.244 e. The first-order chi connectivity index (χ1) is 11.7. The Morgan fingerprint density at radius 2 is 2.17 bits per heavy atom. The van der Waals surface area contributed by atoms with Crippen LogP contribution in [0.5, 0.6) is 0 Å². The van der Waals surface area contributed by atoms with Gasteiger partial charge in [0.1, 0.15) is 17.6 Å². The van der Waals surface area contributed by atoms with E-state index in [1.54, 1.807) is 29.4 Å². The Balaban J connectivity index is 1.58. The van der Waals surface area contributed by atoms with Crippen molar-refractivity contribution in [3.63, 3.8) is 0 Å². The van der Waals surface area contributed by atoms with Crippen molar-refractivity contribution >= 4 is 34.1 Å². The number of nitrogens with zero attached hydrogens (tertiary/aromatic N) is 4. The maximum Gasteiger partial charge on any atom is 0.244 e. The zero-order chi connectivity index (χ0) is 16.5. The van der Waals surface area contributed by atoms with Crippen LogP contribution in [0.25, 0.3) is 10.9 Å². The van der Waals surface area contributed by atoms with Crippen LogP contribution < -0.4 is 10.2 Å². The van der Waals surface area contributed by atoms with Crippen LogP contribution in [0, 0.1) is 17.2 Å². The van der Waals surface area contributed by atoms with Gasteiger partial charge in [0.25, 0.3) is 0 Å². The third kappa shape index (κ3) is 2.44. The number of hydrogen-bond acceptors (Lipinski definition) is 5. The second-order valence-corrected chi connectivity index (χ2v) is 5.62. The van der Waals surface area contributed by atoms with Crippen LogP contribution in [0.2, 0.25) is 0 Å². The number of carbonyl (C=O) groups is 1. The number of aromatic nitrogens is 3. The van der Waals surface area contributed by atoms with Crippen LogP contribution in [-0.4, -0.2) is 27.4 Å². The van der Waals surface area contributed by atoms with E-state index in [0.717, 1.165) is 16.6 Å². The van der Waals surface area contributed by atoms with Crippen LogP contribution in [0.15, 0.2) is 42.9 Å². The maximum absolute atomic E-state index is 12.2. The van der Waals surface area contributed by atoms with Crippen molar-refractivity contribution in [2.45, 2.75) is 6.42 Å².